The first-order valence-electron chi connectivity index (χ1n) is 11.5. The fourth-order valence-electron chi connectivity index (χ4n) is 4.84. The van der Waals surface area contributed by atoms with Crippen LogP contribution >= 0.6 is 0 Å². The normalized spacial score (nSPS) is 24.2. The highest BCUT2D eigenvalue weighted by molar-refractivity contribution is 6.09. The van der Waals surface area contributed by atoms with Gasteiger partial charge in [0.2, 0.25) is 5.91 Å². The SMILES string of the molecule is C[C@@]1(c2ccc(F)cc2)NC(=O)N(CC(=O)N2CCC[C@@H]2c2ccc3c(c2)OCCCO3)C1=O. The van der Waals surface area contributed by atoms with E-state index in [9.17, 15) is 18.8 Å². The first-order valence-corrected chi connectivity index (χ1v) is 11.5. The van der Waals surface area contributed by atoms with Crippen molar-refractivity contribution in [1.82, 2.24) is 15.1 Å². The third-order valence-corrected chi connectivity index (χ3v) is 6.72. The van der Waals surface area contributed by atoms with Crippen molar-refractivity contribution < 1.29 is 28.2 Å². The Morgan fingerprint density at radius 1 is 1.09 bits per heavy atom. The molecule has 0 unspecified atom stereocenters. The van der Waals surface area contributed by atoms with E-state index in [2.05, 4.69) is 5.32 Å². The van der Waals surface area contributed by atoms with E-state index in [1.165, 1.54) is 24.3 Å². The number of carbonyl (C=O) groups is 3. The van der Waals surface area contributed by atoms with Crippen molar-refractivity contribution in [2.75, 3.05) is 26.3 Å². The van der Waals surface area contributed by atoms with E-state index in [1.807, 2.05) is 18.2 Å². The zero-order valence-electron chi connectivity index (χ0n) is 18.9. The number of benzene rings is 2. The molecule has 0 radical (unpaired) electrons. The maximum atomic E-state index is 13.3. The molecule has 0 spiro atoms. The Hall–Kier alpha value is -3.62. The Balaban J connectivity index is 1.33. The zero-order valence-corrected chi connectivity index (χ0v) is 18.9. The van der Waals surface area contributed by atoms with Crippen LogP contribution in [0.25, 0.3) is 0 Å². The molecule has 5 rings (SSSR count). The molecule has 8 nitrogen and oxygen atoms in total. The molecule has 9 heteroatoms. The molecular formula is C25H26FN3O5. The number of urea groups is 1. The van der Waals surface area contributed by atoms with E-state index >= 15 is 0 Å². The van der Waals surface area contributed by atoms with Gasteiger partial charge in [-0.1, -0.05) is 18.2 Å². The van der Waals surface area contributed by atoms with Gasteiger partial charge in [-0.3, -0.25) is 14.5 Å². The molecule has 3 heterocycles. The molecule has 2 aromatic rings. The summed E-state index contributed by atoms with van der Waals surface area (Å²) < 4.78 is 24.8. The number of ether oxygens (including phenoxy) is 2. The van der Waals surface area contributed by atoms with Crippen LogP contribution in [0.4, 0.5) is 9.18 Å². The van der Waals surface area contributed by atoms with Gasteiger partial charge in [-0.15, -0.1) is 0 Å². The topological polar surface area (TPSA) is 88.2 Å². The smallest absolute Gasteiger partial charge is 0.325 e. The summed E-state index contributed by atoms with van der Waals surface area (Å²) in [5, 5.41) is 2.66. The molecule has 1 N–H and O–H groups in total. The van der Waals surface area contributed by atoms with Crippen molar-refractivity contribution in [3.63, 3.8) is 0 Å². The molecule has 2 fully saturated rings. The Bertz CT molecular complexity index is 1140. The summed E-state index contributed by atoms with van der Waals surface area (Å²) in [5.74, 6) is 0.0752. The van der Waals surface area contributed by atoms with Crippen molar-refractivity contribution in [3.8, 4) is 11.5 Å². The minimum Gasteiger partial charge on any atom is -0.490 e. The molecule has 0 aromatic heterocycles. The lowest BCUT2D eigenvalue weighted by Gasteiger charge is -2.27. The van der Waals surface area contributed by atoms with Crippen molar-refractivity contribution in [3.05, 3.63) is 59.4 Å². The lowest BCUT2D eigenvalue weighted by Crippen LogP contribution is -2.44. The summed E-state index contributed by atoms with van der Waals surface area (Å²) in [6.07, 6.45) is 2.40. The summed E-state index contributed by atoms with van der Waals surface area (Å²) >= 11 is 0. The minimum absolute atomic E-state index is 0.172. The summed E-state index contributed by atoms with van der Waals surface area (Å²) in [4.78, 5) is 41.7. The summed E-state index contributed by atoms with van der Waals surface area (Å²) in [7, 11) is 0. The van der Waals surface area contributed by atoms with Gasteiger partial charge in [-0.2, -0.15) is 0 Å². The van der Waals surface area contributed by atoms with Gasteiger partial charge in [0.05, 0.1) is 19.3 Å². The molecule has 3 aliphatic rings. The minimum atomic E-state index is -1.36. The first-order chi connectivity index (χ1) is 16.4. The second-order valence-electron chi connectivity index (χ2n) is 8.96. The number of fused-ring (bicyclic) bond motifs is 1. The highest BCUT2D eigenvalue weighted by Crippen LogP contribution is 2.38. The highest BCUT2D eigenvalue weighted by atomic mass is 19.1. The van der Waals surface area contributed by atoms with Crippen molar-refractivity contribution in [2.45, 2.75) is 37.8 Å². The van der Waals surface area contributed by atoms with Crippen LogP contribution in [0.3, 0.4) is 0 Å². The van der Waals surface area contributed by atoms with E-state index in [0.717, 1.165) is 29.7 Å². The second kappa shape index (κ2) is 8.62. The van der Waals surface area contributed by atoms with E-state index in [-0.39, 0.29) is 18.5 Å². The monoisotopic (exact) mass is 467 g/mol. The van der Waals surface area contributed by atoms with E-state index in [4.69, 9.17) is 9.47 Å². The van der Waals surface area contributed by atoms with Gasteiger partial charge >= 0.3 is 6.03 Å². The molecule has 3 aliphatic heterocycles. The predicted molar refractivity (Wildman–Crippen MR) is 120 cm³/mol. The highest BCUT2D eigenvalue weighted by Gasteiger charge is 2.50. The fourth-order valence-corrected chi connectivity index (χ4v) is 4.84. The number of nitrogens with zero attached hydrogens (tertiary/aromatic N) is 2. The van der Waals surface area contributed by atoms with Gasteiger partial charge in [-0.05, 0) is 55.2 Å². The molecule has 2 atom stereocenters. The number of nitrogens with one attached hydrogen (secondary N) is 1. The molecule has 34 heavy (non-hydrogen) atoms. The molecule has 178 valence electrons. The quantitative estimate of drug-likeness (QED) is 0.698. The third kappa shape index (κ3) is 3.85. The predicted octanol–water partition coefficient (Wildman–Crippen LogP) is 3.12. The van der Waals surface area contributed by atoms with Crippen LogP contribution in [0.5, 0.6) is 11.5 Å². The molecule has 0 aliphatic carbocycles. The fraction of sp³-hybridized carbons (Fsp3) is 0.400. The Kier molecular flexibility index (Phi) is 5.63. The van der Waals surface area contributed by atoms with Gasteiger partial charge in [0.15, 0.2) is 11.5 Å². The average molecular weight is 467 g/mol. The zero-order chi connectivity index (χ0) is 23.9. The first kappa shape index (κ1) is 22.2. The number of rotatable bonds is 4. The standard InChI is InChI=1S/C25H26FN3O5/c1-25(17-6-8-18(26)9-7-17)23(31)29(24(32)27-25)15-22(30)28-11-2-4-19(28)16-5-10-20-21(14-16)34-13-3-12-33-20/h5-10,14,19H,2-4,11-13,15H2,1H3,(H,27,32)/t19-,25+/m1/s1. The summed E-state index contributed by atoms with van der Waals surface area (Å²) in [6.45, 7) is 2.91. The van der Waals surface area contributed by atoms with Crippen molar-refractivity contribution in [1.29, 1.82) is 0 Å². The van der Waals surface area contributed by atoms with Crippen LogP contribution in [-0.4, -0.2) is 53.9 Å². The summed E-state index contributed by atoms with van der Waals surface area (Å²) in [5.41, 5.74) is 0.0287. The number of hydrogen-bond acceptors (Lipinski definition) is 5. The molecule has 0 bridgehead atoms. The number of carbonyl (C=O) groups excluding carboxylic acids is 3. The second-order valence-corrected chi connectivity index (χ2v) is 8.96. The molecule has 2 aromatic carbocycles. The number of halogens is 1. The van der Waals surface area contributed by atoms with Crippen LogP contribution in [0.2, 0.25) is 0 Å². The van der Waals surface area contributed by atoms with Gasteiger partial charge in [0.1, 0.15) is 17.9 Å². The maximum Gasteiger partial charge on any atom is 0.325 e. The molecule has 0 saturated carbocycles. The number of hydrogen-bond donors (Lipinski definition) is 1. The Morgan fingerprint density at radius 2 is 1.82 bits per heavy atom. The molecule has 4 amide bonds. The molecule has 2 saturated heterocycles. The van der Waals surface area contributed by atoms with Gasteiger partial charge in [-0.25, -0.2) is 9.18 Å². The maximum absolute atomic E-state index is 13.3. The van der Waals surface area contributed by atoms with Crippen LogP contribution in [0.1, 0.15) is 43.4 Å². The Morgan fingerprint density at radius 3 is 2.59 bits per heavy atom. The van der Waals surface area contributed by atoms with Crippen molar-refractivity contribution in [2.24, 2.45) is 0 Å². The average Bonchev–Trinajstić information content (AvgIpc) is 3.30. The lowest BCUT2D eigenvalue weighted by atomic mass is 9.92. The number of imide groups is 1. The van der Waals surface area contributed by atoms with Gasteiger partial charge in [0, 0.05) is 13.0 Å². The van der Waals surface area contributed by atoms with Gasteiger partial charge in [0.25, 0.3) is 5.91 Å². The van der Waals surface area contributed by atoms with Crippen LogP contribution in [-0.2, 0) is 15.1 Å². The third-order valence-electron chi connectivity index (χ3n) is 6.72. The lowest BCUT2D eigenvalue weighted by molar-refractivity contribution is -0.139. The van der Waals surface area contributed by atoms with Crippen LogP contribution < -0.4 is 14.8 Å². The number of amides is 4. The Labute approximate surface area is 196 Å². The van der Waals surface area contributed by atoms with Gasteiger partial charge < -0.3 is 19.7 Å². The summed E-state index contributed by atoms with van der Waals surface area (Å²) in [6, 6.07) is 10.3. The van der Waals surface area contributed by atoms with Crippen molar-refractivity contribution >= 4 is 17.8 Å². The molecular weight excluding hydrogens is 441 g/mol. The number of likely N-dealkylation sites (tertiary alicyclic amines) is 1. The van der Waals surface area contributed by atoms with E-state index in [1.54, 1.807) is 11.8 Å². The van der Waals surface area contributed by atoms with E-state index in [0.29, 0.717) is 36.8 Å². The van der Waals surface area contributed by atoms with E-state index < -0.39 is 23.3 Å². The largest absolute Gasteiger partial charge is 0.490 e. The van der Waals surface area contributed by atoms with Crippen LogP contribution in [0.15, 0.2) is 42.5 Å². The van der Waals surface area contributed by atoms with Crippen LogP contribution in [0, 0.1) is 5.82 Å².